The summed E-state index contributed by atoms with van der Waals surface area (Å²) in [5, 5.41) is 9.91. The van der Waals surface area contributed by atoms with Gasteiger partial charge in [0.15, 0.2) is 5.78 Å². The molecule has 0 amide bonds. The molecule has 0 aliphatic heterocycles. The summed E-state index contributed by atoms with van der Waals surface area (Å²) >= 11 is 7.09. The molecule has 25 heavy (non-hydrogen) atoms. The van der Waals surface area contributed by atoms with Crippen LogP contribution in [0.4, 0.5) is 0 Å². The molecule has 5 nitrogen and oxygen atoms in total. The van der Waals surface area contributed by atoms with Crippen molar-refractivity contribution in [3.8, 4) is 11.5 Å². The smallest absolute Gasteiger partial charge is 0.277 e. The van der Waals surface area contributed by atoms with E-state index in [1.54, 1.807) is 30.5 Å². The first-order valence-electron chi connectivity index (χ1n) is 7.52. The monoisotopic (exact) mass is 369 g/mol. The fourth-order valence-electron chi connectivity index (χ4n) is 2.48. The van der Waals surface area contributed by atoms with Crippen LogP contribution in [0.5, 0.6) is 0 Å². The lowest BCUT2D eigenvalue weighted by Crippen LogP contribution is -2.01. The minimum Gasteiger partial charge on any atom is -0.411 e. The van der Waals surface area contributed by atoms with E-state index in [1.165, 1.54) is 11.8 Å². The van der Waals surface area contributed by atoms with Gasteiger partial charge in [0, 0.05) is 33.2 Å². The third-order valence-electron chi connectivity index (χ3n) is 3.71. The molecule has 0 radical (unpaired) electrons. The van der Waals surface area contributed by atoms with Gasteiger partial charge in [-0.15, -0.1) is 10.2 Å². The molecular formula is C18H12ClN3O2S. The Morgan fingerprint density at radius 2 is 1.92 bits per heavy atom. The van der Waals surface area contributed by atoms with Gasteiger partial charge in [-0.3, -0.25) is 4.79 Å². The first kappa shape index (κ1) is 15.9. The number of benzene rings is 2. The van der Waals surface area contributed by atoms with Crippen molar-refractivity contribution in [1.82, 2.24) is 15.2 Å². The zero-order valence-electron chi connectivity index (χ0n) is 12.9. The zero-order valence-corrected chi connectivity index (χ0v) is 14.5. The summed E-state index contributed by atoms with van der Waals surface area (Å²) in [6.45, 7) is 0. The number of para-hydroxylation sites is 1. The van der Waals surface area contributed by atoms with Crippen molar-refractivity contribution >= 4 is 40.0 Å². The van der Waals surface area contributed by atoms with E-state index in [0.717, 1.165) is 16.5 Å². The molecule has 0 aliphatic rings. The number of carbonyl (C=O) groups is 1. The molecule has 0 bridgehead atoms. The molecule has 0 unspecified atom stereocenters. The maximum atomic E-state index is 12.5. The van der Waals surface area contributed by atoms with E-state index in [-0.39, 0.29) is 11.5 Å². The molecule has 0 spiro atoms. The molecule has 4 rings (SSSR count). The number of nitrogens with zero attached hydrogens (tertiary/aromatic N) is 2. The van der Waals surface area contributed by atoms with Crippen LogP contribution in [-0.4, -0.2) is 26.7 Å². The summed E-state index contributed by atoms with van der Waals surface area (Å²) in [5.74, 6) is 0.636. The molecule has 2 aromatic heterocycles. The van der Waals surface area contributed by atoms with Gasteiger partial charge in [0.05, 0.1) is 5.75 Å². The van der Waals surface area contributed by atoms with Crippen LogP contribution in [-0.2, 0) is 0 Å². The van der Waals surface area contributed by atoms with Gasteiger partial charge in [-0.05, 0) is 30.3 Å². The number of rotatable bonds is 5. The molecule has 7 heteroatoms. The topological polar surface area (TPSA) is 71.8 Å². The molecule has 124 valence electrons. The lowest BCUT2D eigenvalue weighted by atomic mass is 10.1. The second-order valence-corrected chi connectivity index (χ2v) is 6.70. The Kier molecular flexibility index (Phi) is 4.29. The van der Waals surface area contributed by atoms with Crippen LogP contribution in [0.1, 0.15) is 10.4 Å². The van der Waals surface area contributed by atoms with Crippen molar-refractivity contribution in [2.45, 2.75) is 5.22 Å². The molecule has 1 N–H and O–H groups in total. The van der Waals surface area contributed by atoms with Gasteiger partial charge in [-0.25, -0.2) is 0 Å². The van der Waals surface area contributed by atoms with Crippen molar-refractivity contribution in [3.05, 3.63) is 65.3 Å². The van der Waals surface area contributed by atoms with E-state index < -0.39 is 0 Å². The first-order chi connectivity index (χ1) is 12.2. The number of nitrogens with one attached hydrogen (secondary N) is 1. The van der Waals surface area contributed by atoms with Crippen molar-refractivity contribution in [2.24, 2.45) is 0 Å². The van der Waals surface area contributed by atoms with Gasteiger partial charge < -0.3 is 9.40 Å². The lowest BCUT2D eigenvalue weighted by molar-refractivity contribution is 0.102. The largest absolute Gasteiger partial charge is 0.411 e. The van der Waals surface area contributed by atoms with Gasteiger partial charge in [0.2, 0.25) is 5.89 Å². The van der Waals surface area contributed by atoms with E-state index in [1.807, 2.05) is 24.3 Å². The summed E-state index contributed by atoms with van der Waals surface area (Å²) < 4.78 is 5.60. The van der Waals surface area contributed by atoms with Crippen molar-refractivity contribution in [1.29, 1.82) is 0 Å². The number of aromatic amines is 1. The normalized spacial score (nSPS) is 11.1. The van der Waals surface area contributed by atoms with Crippen LogP contribution in [0, 0.1) is 0 Å². The Labute approximate surface area is 152 Å². The molecule has 0 fully saturated rings. The number of fused-ring (bicyclic) bond motifs is 1. The van der Waals surface area contributed by atoms with E-state index in [9.17, 15) is 4.79 Å². The summed E-state index contributed by atoms with van der Waals surface area (Å²) in [5.41, 5.74) is 2.39. The number of hydrogen-bond acceptors (Lipinski definition) is 5. The molecular weight excluding hydrogens is 358 g/mol. The molecule has 4 aromatic rings. The standard InChI is InChI=1S/C18H12ClN3O2S/c19-12-7-5-11(6-8-12)17-21-22-18(24-17)25-10-16(23)14-9-20-15-4-2-1-3-13(14)15/h1-9,20H,10H2. The number of thioether (sulfide) groups is 1. The van der Waals surface area contributed by atoms with Crippen molar-refractivity contribution in [3.63, 3.8) is 0 Å². The highest BCUT2D eigenvalue weighted by Gasteiger charge is 2.15. The van der Waals surface area contributed by atoms with Gasteiger partial charge in [-0.1, -0.05) is 41.6 Å². The van der Waals surface area contributed by atoms with Crippen LogP contribution in [0.15, 0.2) is 64.4 Å². The number of ketones is 1. The fraction of sp³-hybridized carbons (Fsp3) is 0.0556. The Bertz CT molecular complexity index is 1040. The Hall–Kier alpha value is -2.57. The highest BCUT2D eigenvalue weighted by atomic mass is 35.5. The minimum atomic E-state index is 0.00805. The SMILES string of the molecule is O=C(CSc1nnc(-c2ccc(Cl)cc2)o1)c1c[nH]c2ccccc12. The average molecular weight is 370 g/mol. The maximum absolute atomic E-state index is 12.5. The quantitative estimate of drug-likeness (QED) is 0.402. The lowest BCUT2D eigenvalue weighted by Gasteiger charge is -1.97. The third-order valence-corrected chi connectivity index (χ3v) is 4.78. The average Bonchev–Trinajstić information content (AvgIpc) is 3.27. The zero-order chi connectivity index (χ0) is 17.2. The van der Waals surface area contributed by atoms with E-state index >= 15 is 0 Å². The second kappa shape index (κ2) is 6.74. The number of carbonyl (C=O) groups excluding carboxylic acids is 1. The maximum Gasteiger partial charge on any atom is 0.277 e. The summed E-state index contributed by atoms with van der Waals surface area (Å²) in [6, 6.07) is 14.8. The van der Waals surface area contributed by atoms with Gasteiger partial charge in [0.25, 0.3) is 5.22 Å². The number of H-pyrrole nitrogens is 1. The predicted octanol–water partition coefficient (Wildman–Crippen LogP) is 4.85. The van der Waals surface area contributed by atoms with E-state index in [2.05, 4.69) is 15.2 Å². The van der Waals surface area contributed by atoms with Gasteiger partial charge in [-0.2, -0.15) is 0 Å². The number of halogens is 1. The highest BCUT2D eigenvalue weighted by Crippen LogP contribution is 2.26. The van der Waals surface area contributed by atoms with Crippen LogP contribution in [0.25, 0.3) is 22.4 Å². The number of Topliss-reactive ketones (excluding diaryl/α,β-unsaturated/α-hetero) is 1. The summed E-state index contributed by atoms with van der Waals surface area (Å²) in [7, 11) is 0. The second-order valence-electron chi connectivity index (χ2n) is 5.34. The third kappa shape index (κ3) is 3.31. The van der Waals surface area contributed by atoms with Crippen LogP contribution in [0.3, 0.4) is 0 Å². The van der Waals surface area contributed by atoms with Crippen molar-refractivity contribution in [2.75, 3.05) is 5.75 Å². The van der Waals surface area contributed by atoms with Crippen LogP contribution in [0.2, 0.25) is 5.02 Å². The van der Waals surface area contributed by atoms with E-state index in [4.69, 9.17) is 16.0 Å². The molecule has 2 aromatic carbocycles. The Morgan fingerprint density at radius 1 is 1.12 bits per heavy atom. The fourth-order valence-corrected chi connectivity index (χ4v) is 3.26. The Balaban J connectivity index is 1.46. The molecule has 0 saturated carbocycles. The highest BCUT2D eigenvalue weighted by molar-refractivity contribution is 7.99. The van der Waals surface area contributed by atoms with Crippen LogP contribution >= 0.6 is 23.4 Å². The Morgan fingerprint density at radius 3 is 2.76 bits per heavy atom. The van der Waals surface area contributed by atoms with E-state index in [0.29, 0.717) is 21.7 Å². The molecule has 2 heterocycles. The molecule has 0 aliphatic carbocycles. The first-order valence-corrected chi connectivity index (χ1v) is 8.88. The molecule has 0 atom stereocenters. The van der Waals surface area contributed by atoms with Crippen LogP contribution < -0.4 is 0 Å². The predicted molar refractivity (Wildman–Crippen MR) is 98.1 cm³/mol. The molecule has 0 saturated heterocycles. The summed E-state index contributed by atoms with van der Waals surface area (Å²) in [6.07, 6.45) is 1.74. The minimum absolute atomic E-state index is 0.00805. The van der Waals surface area contributed by atoms with Gasteiger partial charge >= 0.3 is 0 Å². The van der Waals surface area contributed by atoms with Gasteiger partial charge in [0.1, 0.15) is 0 Å². The van der Waals surface area contributed by atoms with Crippen molar-refractivity contribution < 1.29 is 9.21 Å². The number of aromatic nitrogens is 3. The summed E-state index contributed by atoms with van der Waals surface area (Å²) in [4.78, 5) is 15.6. The number of hydrogen-bond donors (Lipinski definition) is 1.